The van der Waals surface area contributed by atoms with Gasteiger partial charge in [-0.2, -0.15) is 0 Å². The minimum atomic E-state index is 0.914. The maximum atomic E-state index is 4.11. The summed E-state index contributed by atoms with van der Waals surface area (Å²) in [4.78, 5) is 5.40. The highest BCUT2D eigenvalue weighted by Crippen LogP contribution is 2.19. The largest absolute Gasteiger partial charge is 0.342 e. The molecular formula is C13H12N2S. The number of hydrogen-bond acceptors (Lipinski definition) is 2. The number of hydrogen-bond donors (Lipinski definition) is 0. The summed E-state index contributed by atoms with van der Waals surface area (Å²) in [5.41, 5.74) is 4.48. The van der Waals surface area contributed by atoms with Crippen LogP contribution in [0.4, 0.5) is 0 Å². The molecular weight excluding hydrogens is 216 g/mol. The second-order valence-corrected chi connectivity index (χ2v) is 4.94. The molecule has 3 rings (SSSR count). The minimum absolute atomic E-state index is 0.914. The van der Waals surface area contributed by atoms with Gasteiger partial charge in [-0.3, -0.25) is 4.98 Å². The van der Waals surface area contributed by atoms with Crippen LogP contribution in [0.5, 0.6) is 0 Å². The molecule has 0 saturated carbocycles. The van der Waals surface area contributed by atoms with Gasteiger partial charge in [-0.25, -0.2) is 0 Å². The van der Waals surface area contributed by atoms with Gasteiger partial charge in [0, 0.05) is 22.8 Å². The topological polar surface area (TPSA) is 17.8 Å². The zero-order valence-electron chi connectivity index (χ0n) is 9.05. The van der Waals surface area contributed by atoms with Gasteiger partial charge in [-0.05, 0) is 30.0 Å². The second kappa shape index (κ2) is 3.76. The number of aryl methyl sites for hydroxylation is 1. The first kappa shape index (κ1) is 9.60. The average Bonchev–Trinajstić information content (AvgIpc) is 2.90. The smallest absolute Gasteiger partial charge is 0.0794 e. The summed E-state index contributed by atoms with van der Waals surface area (Å²) in [5.74, 6) is 0. The molecule has 0 aliphatic rings. The Labute approximate surface area is 98.2 Å². The van der Waals surface area contributed by atoms with Crippen molar-refractivity contribution in [3.8, 4) is 0 Å². The third-order valence-corrected chi connectivity index (χ3v) is 3.50. The zero-order valence-corrected chi connectivity index (χ0v) is 9.87. The van der Waals surface area contributed by atoms with Gasteiger partial charge in [-0.15, -0.1) is 11.3 Å². The predicted octanol–water partition coefficient (Wildman–Crippen LogP) is 3.45. The predicted molar refractivity (Wildman–Crippen MR) is 67.9 cm³/mol. The van der Waals surface area contributed by atoms with Crippen LogP contribution in [0, 0.1) is 6.92 Å². The maximum absolute atomic E-state index is 4.11. The highest BCUT2D eigenvalue weighted by Gasteiger charge is 2.02. The fraction of sp³-hybridized carbons (Fsp3) is 0.154. The van der Waals surface area contributed by atoms with E-state index in [9.17, 15) is 0 Å². The van der Waals surface area contributed by atoms with Crippen molar-refractivity contribution in [2.75, 3.05) is 0 Å². The Morgan fingerprint density at radius 2 is 2.25 bits per heavy atom. The van der Waals surface area contributed by atoms with Crippen molar-refractivity contribution < 1.29 is 0 Å². The standard InChI is InChI=1S/C13H12N2S/c1-10-2-3-11-4-5-15(13(11)6-10)8-12-7-14-9-16-12/h2-7,9H,8H2,1H3. The van der Waals surface area contributed by atoms with E-state index in [4.69, 9.17) is 0 Å². The van der Waals surface area contributed by atoms with Gasteiger partial charge in [0.2, 0.25) is 0 Å². The molecule has 0 amide bonds. The van der Waals surface area contributed by atoms with Crippen molar-refractivity contribution in [3.63, 3.8) is 0 Å². The van der Waals surface area contributed by atoms with Crippen LogP contribution in [0.2, 0.25) is 0 Å². The molecule has 0 bridgehead atoms. The van der Waals surface area contributed by atoms with E-state index in [1.807, 2.05) is 11.7 Å². The van der Waals surface area contributed by atoms with Crippen molar-refractivity contribution >= 4 is 22.2 Å². The highest BCUT2D eigenvalue weighted by molar-refractivity contribution is 7.09. The van der Waals surface area contributed by atoms with E-state index in [-0.39, 0.29) is 0 Å². The quantitative estimate of drug-likeness (QED) is 0.657. The molecule has 3 heteroatoms. The normalized spacial score (nSPS) is 11.1. The number of aromatic nitrogens is 2. The summed E-state index contributed by atoms with van der Waals surface area (Å²) in [5, 5.41) is 1.30. The van der Waals surface area contributed by atoms with Gasteiger partial charge in [0.25, 0.3) is 0 Å². The first-order chi connectivity index (χ1) is 7.83. The summed E-state index contributed by atoms with van der Waals surface area (Å²) >= 11 is 1.70. The number of fused-ring (bicyclic) bond motifs is 1. The lowest BCUT2D eigenvalue weighted by atomic mass is 10.2. The van der Waals surface area contributed by atoms with E-state index >= 15 is 0 Å². The Morgan fingerprint density at radius 3 is 3.06 bits per heavy atom. The van der Waals surface area contributed by atoms with Gasteiger partial charge in [0.05, 0.1) is 12.1 Å². The molecule has 0 fully saturated rings. The Hall–Kier alpha value is -1.61. The van der Waals surface area contributed by atoms with Crippen LogP contribution < -0.4 is 0 Å². The molecule has 0 aliphatic carbocycles. The van der Waals surface area contributed by atoms with Crippen molar-refractivity contribution in [1.29, 1.82) is 0 Å². The Morgan fingerprint density at radius 1 is 1.31 bits per heavy atom. The first-order valence-electron chi connectivity index (χ1n) is 5.26. The van der Waals surface area contributed by atoms with E-state index in [1.165, 1.54) is 21.3 Å². The summed E-state index contributed by atoms with van der Waals surface area (Å²) in [6, 6.07) is 8.72. The molecule has 0 spiro atoms. The molecule has 80 valence electrons. The third-order valence-electron chi connectivity index (χ3n) is 2.74. The lowest BCUT2D eigenvalue weighted by Gasteiger charge is -2.03. The van der Waals surface area contributed by atoms with Gasteiger partial charge < -0.3 is 4.57 Å². The van der Waals surface area contributed by atoms with E-state index in [2.05, 4.69) is 46.9 Å². The number of benzene rings is 1. The van der Waals surface area contributed by atoms with Gasteiger partial charge in [-0.1, -0.05) is 12.1 Å². The van der Waals surface area contributed by atoms with Gasteiger partial charge in [0.15, 0.2) is 0 Å². The van der Waals surface area contributed by atoms with Crippen LogP contribution in [0.15, 0.2) is 42.2 Å². The van der Waals surface area contributed by atoms with E-state index in [1.54, 1.807) is 11.3 Å². The molecule has 3 aromatic rings. The van der Waals surface area contributed by atoms with Crippen LogP contribution in [-0.4, -0.2) is 9.55 Å². The van der Waals surface area contributed by atoms with Crippen molar-refractivity contribution in [2.45, 2.75) is 13.5 Å². The molecule has 0 saturated heterocycles. The third kappa shape index (κ3) is 1.63. The Bertz CT molecular complexity index is 608. The second-order valence-electron chi connectivity index (χ2n) is 3.97. The maximum Gasteiger partial charge on any atom is 0.0794 e. The zero-order chi connectivity index (χ0) is 11.0. The summed E-state index contributed by atoms with van der Waals surface area (Å²) < 4.78 is 2.27. The molecule has 16 heavy (non-hydrogen) atoms. The minimum Gasteiger partial charge on any atom is -0.342 e. The molecule has 0 atom stereocenters. The van der Waals surface area contributed by atoms with Crippen LogP contribution in [-0.2, 0) is 6.54 Å². The van der Waals surface area contributed by atoms with Crippen LogP contribution >= 0.6 is 11.3 Å². The molecule has 1 aromatic carbocycles. The number of rotatable bonds is 2. The molecule has 2 heterocycles. The summed E-state index contributed by atoms with van der Waals surface area (Å²) in [7, 11) is 0. The lowest BCUT2D eigenvalue weighted by molar-refractivity contribution is 0.849. The molecule has 0 N–H and O–H groups in total. The Kier molecular flexibility index (Phi) is 2.26. The summed E-state index contributed by atoms with van der Waals surface area (Å²) in [6.07, 6.45) is 4.08. The monoisotopic (exact) mass is 228 g/mol. The summed E-state index contributed by atoms with van der Waals surface area (Å²) in [6.45, 7) is 3.04. The van der Waals surface area contributed by atoms with E-state index in [0.29, 0.717) is 0 Å². The van der Waals surface area contributed by atoms with Crippen LogP contribution in [0.1, 0.15) is 10.4 Å². The molecule has 2 nitrogen and oxygen atoms in total. The highest BCUT2D eigenvalue weighted by atomic mass is 32.1. The van der Waals surface area contributed by atoms with Crippen molar-refractivity contribution in [3.05, 3.63) is 52.6 Å². The fourth-order valence-corrected chi connectivity index (χ4v) is 2.51. The first-order valence-corrected chi connectivity index (χ1v) is 6.14. The number of thiazole rings is 1. The van der Waals surface area contributed by atoms with E-state index in [0.717, 1.165) is 6.54 Å². The van der Waals surface area contributed by atoms with Crippen molar-refractivity contribution in [1.82, 2.24) is 9.55 Å². The average molecular weight is 228 g/mol. The van der Waals surface area contributed by atoms with Gasteiger partial charge in [0.1, 0.15) is 0 Å². The molecule has 0 radical (unpaired) electrons. The molecule has 0 aliphatic heterocycles. The van der Waals surface area contributed by atoms with Crippen molar-refractivity contribution in [2.24, 2.45) is 0 Å². The number of nitrogens with zero attached hydrogens (tertiary/aromatic N) is 2. The molecule has 0 unspecified atom stereocenters. The SMILES string of the molecule is Cc1ccc2ccn(Cc3cncs3)c2c1. The van der Waals surface area contributed by atoms with Crippen LogP contribution in [0.25, 0.3) is 10.9 Å². The lowest BCUT2D eigenvalue weighted by Crippen LogP contribution is -1.95. The molecule has 2 aromatic heterocycles. The van der Waals surface area contributed by atoms with E-state index < -0.39 is 0 Å². The Balaban J connectivity index is 2.07. The fourth-order valence-electron chi connectivity index (χ4n) is 1.92. The van der Waals surface area contributed by atoms with Crippen LogP contribution in [0.3, 0.4) is 0 Å². The van der Waals surface area contributed by atoms with Gasteiger partial charge >= 0.3 is 0 Å².